The summed E-state index contributed by atoms with van der Waals surface area (Å²) in [7, 11) is 0. The molecule has 3 unspecified atom stereocenters. The lowest BCUT2D eigenvalue weighted by Gasteiger charge is -2.18. The minimum atomic E-state index is -1.07. The molecule has 0 aliphatic heterocycles. The van der Waals surface area contributed by atoms with Crippen molar-refractivity contribution < 1.29 is 9.08 Å². The summed E-state index contributed by atoms with van der Waals surface area (Å²) in [6, 6.07) is 9.53. The lowest BCUT2D eigenvalue weighted by molar-refractivity contribution is -0.133. The molecule has 0 radical (unpaired) electrons. The average Bonchev–Trinajstić information content (AvgIpc) is 2.37. The van der Waals surface area contributed by atoms with E-state index in [0.717, 1.165) is 5.56 Å². The number of carbonyl (C=O) groups is 1. The fraction of sp³-hybridized carbons (Fsp3) is 0.364. The molecule has 0 amide bonds. The molecule has 0 aliphatic rings. The van der Waals surface area contributed by atoms with E-state index in [-0.39, 0.29) is 0 Å². The lowest BCUT2D eigenvalue weighted by atomic mass is 10.1. The number of hydrogen-bond donors (Lipinski definition) is 0. The number of benzene rings is 1. The Hall–Kier alpha value is -0.150. The number of hydrogen-bond acceptors (Lipinski definition) is 2. The van der Waals surface area contributed by atoms with E-state index in [1.54, 1.807) is 0 Å². The number of rotatable bonds is 5. The van der Waals surface area contributed by atoms with Crippen LogP contribution in [0.5, 0.6) is 0 Å². The number of alkyl halides is 3. The van der Waals surface area contributed by atoms with Crippen LogP contribution in [-0.4, -0.2) is 22.1 Å². The topological polar surface area (TPSA) is 26.3 Å². The smallest absolute Gasteiger partial charge is 0.343 e. The van der Waals surface area contributed by atoms with Crippen LogP contribution in [0.3, 0.4) is 0 Å². The zero-order valence-corrected chi connectivity index (χ0v) is 11.7. The quantitative estimate of drug-likeness (QED) is 0.774. The highest BCUT2D eigenvalue weighted by Gasteiger charge is 2.31. The first-order chi connectivity index (χ1) is 8.06. The molecule has 1 aromatic carbocycles. The van der Waals surface area contributed by atoms with E-state index in [9.17, 15) is 4.79 Å². The normalized spacial score (nSPS) is 16.0. The van der Waals surface area contributed by atoms with E-state index < -0.39 is 22.1 Å². The molecule has 0 saturated heterocycles. The predicted molar refractivity (Wildman–Crippen MR) is 71.0 cm³/mol. The molecule has 0 spiro atoms. The highest BCUT2D eigenvalue weighted by atomic mass is 35.5. The van der Waals surface area contributed by atoms with Crippen molar-refractivity contribution in [1.82, 2.24) is 0 Å². The third-order valence-electron chi connectivity index (χ3n) is 2.20. The maximum Gasteiger partial charge on any atom is 0.343 e. The lowest BCUT2D eigenvalue weighted by Crippen LogP contribution is -2.33. The van der Waals surface area contributed by atoms with Crippen LogP contribution in [0.25, 0.3) is 0 Å². The summed E-state index contributed by atoms with van der Waals surface area (Å²) >= 11 is 22.8. The summed E-state index contributed by atoms with van der Waals surface area (Å²) < 4.78 is 3.99. The fourth-order valence-corrected chi connectivity index (χ4v) is 2.26. The summed E-state index contributed by atoms with van der Waals surface area (Å²) in [5.41, 5.74) is 1.02. The van der Waals surface area contributed by atoms with Crippen LogP contribution in [0.1, 0.15) is 5.56 Å². The molecule has 0 N–H and O–H groups in total. The van der Waals surface area contributed by atoms with Crippen LogP contribution in [-0.2, 0) is 15.5 Å². The molecule has 94 valence electrons. The molecule has 0 aromatic heterocycles. The molecule has 1 rings (SSSR count). The summed E-state index contributed by atoms with van der Waals surface area (Å²) in [6.45, 7) is 0. The second-order valence-corrected chi connectivity index (χ2v) is 5.14. The number of carbonyl (C=O) groups excluding carboxylic acids is 1. The van der Waals surface area contributed by atoms with E-state index in [2.05, 4.69) is 4.29 Å². The molecule has 6 heteroatoms. The summed E-state index contributed by atoms with van der Waals surface area (Å²) in [5, 5.41) is -2.32. The van der Waals surface area contributed by atoms with Gasteiger partial charge in [0, 0.05) is 0 Å². The van der Waals surface area contributed by atoms with Crippen molar-refractivity contribution in [1.29, 1.82) is 0 Å². The van der Waals surface area contributed by atoms with Gasteiger partial charge >= 0.3 is 5.97 Å². The van der Waals surface area contributed by atoms with Crippen LogP contribution in [0.15, 0.2) is 30.3 Å². The van der Waals surface area contributed by atoms with E-state index in [0.29, 0.717) is 6.42 Å². The first-order valence-corrected chi connectivity index (χ1v) is 6.46. The van der Waals surface area contributed by atoms with E-state index in [1.807, 2.05) is 30.3 Å². The van der Waals surface area contributed by atoms with Crippen LogP contribution >= 0.6 is 46.7 Å². The molecular formula is C11H10Cl4O2. The monoisotopic (exact) mass is 314 g/mol. The zero-order chi connectivity index (χ0) is 12.8. The first-order valence-electron chi connectivity index (χ1n) is 4.85. The minimum absolute atomic E-state index is 0.489. The minimum Gasteiger partial charge on any atom is -0.346 e. The van der Waals surface area contributed by atoms with Crippen molar-refractivity contribution in [3.8, 4) is 0 Å². The highest BCUT2D eigenvalue weighted by Crippen LogP contribution is 2.23. The Labute approximate surface area is 120 Å². The van der Waals surface area contributed by atoms with E-state index >= 15 is 0 Å². The van der Waals surface area contributed by atoms with Gasteiger partial charge in [-0.1, -0.05) is 30.3 Å². The van der Waals surface area contributed by atoms with Crippen LogP contribution in [0, 0.1) is 0 Å². The fourth-order valence-electron chi connectivity index (χ4n) is 1.31. The second kappa shape index (κ2) is 7.32. The third-order valence-corrected chi connectivity index (χ3v) is 4.04. The average molecular weight is 316 g/mol. The Morgan fingerprint density at radius 3 is 2.29 bits per heavy atom. The molecule has 0 bridgehead atoms. The molecule has 17 heavy (non-hydrogen) atoms. The Morgan fingerprint density at radius 1 is 1.18 bits per heavy atom. The molecule has 0 saturated carbocycles. The van der Waals surface area contributed by atoms with Gasteiger partial charge in [0.05, 0.1) is 10.8 Å². The van der Waals surface area contributed by atoms with Crippen molar-refractivity contribution >= 4 is 52.6 Å². The molecule has 2 nitrogen and oxygen atoms in total. The zero-order valence-electron chi connectivity index (χ0n) is 8.65. The van der Waals surface area contributed by atoms with Crippen LogP contribution in [0.4, 0.5) is 0 Å². The van der Waals surface area contributed by atoms with Gasteiger partial charge in [0.25, 0.3) is 0 Å². The van der Waals surface area contributed by atoms with Crippen molar-refractivity contribution in [2.75, 3.05) is 0 Å². The van der Waals surface area contributed by atoms with E-state index in [4.69, 9.17) is 46.7 Å². The molecule has 0 heterocycles. The van der Waals surface area contributed by atoms with Crippen LogP contribution < -0.4 is 0 Å². The Balaban J connectivity index is 2.58. The largest absolute Gasteiger partial charge is 0.346 e. The maximum absolute atomic E-state index is 11.1. The standard InChI is InChI=1S/C11H10Cl4O2/c12-8(6-7-4-2-1-3-5-7)9(13)10(14)11(16)17-15/h1-5,8-10H,6H2. The van der Waals surface area contributed by atoms with Crippen molar-refractivity contribution in [3.63, 3.8) is 0 Å². The van der Waals surface area contributed by atoms with Gasteiger partial charge in [-0.05, 0) is 12.0 Å². The highest BCUT2D eigenvalue weighted by molar-refractivity contribution is 6.40. The van der Waals surface area contributed by atoms with Crippen molar-refractivity contribution in [2.45, 2.75) is 22.6 Å². The SMILES string of the molecule is O=C(OCl)C(Cl)C(Cl)C(Cl)Cc1ccccc1. The van der Waals surface area contributed by atoms with Gasteiger partial charge in [0.15, 0.2) is 5.38 Å². The van der Waals surface area contributed by atoms with Crippen molar-refractivity contribution in [2.24, 2.45) is 0 Å². The molecule has 1 aromatic rings. The third kappa shape index (κ3) is 4.55. The summed E-state index contributed by atoms with van der Waals surface area (Å²) in [4.78, 5) is 11.1. The molecular weight excluding hydrogens is 306 g/mol. The van der Waals surface area contributed by atoms with Crippen LogP contribution in [0.2, 0.25) is 0 Å². The Morgan fingerprint density at radius 2 is 1.76 bits per heavy atom. The predicted octanol–water partition coefficient (Wildman–Crippen LogP) is 3.75. The van der Waals surface area contributed by atoms with Gasteiger partial charge in [-0.2, -0.15) is 0 Å². The van der Waals surface area contributed by atoms with Gasteiger partial charge in [0.2, 0.25) is 0 Å². The van der Waals surface area contributed by atoms with Gasteiger partial charge in [-0.3, -0.25) is 0 Å². The first kappa shape index (κ1) is 14.9. The maximum atomic E-state index is 11.1. The Bertz CT molecular complexity index is 358. The van der Waals surface area contributed by atoms with Gasteiger partial charge < -0.3 is 4.29 Å². The van der Waals surface area contributed by atoms with Crippen molar-refractivity contribution in [3.05, 3.63) is 35.9 Å². The molecule has 0 fully saturated rings. The van der Waals surface area contributed by atoms with Gasteiger partial charge in [-0.25, -0.2) is 4.79 Å². The second-order valence-electron chi connectivity index (χ2n) is 3.45. The molecule has 0 aliphatic carbocycles. The van der Waals surface area contributed by atoms with E-state index in [1.165, 1.54) is 0 Å². The Kier molecular flexibility index (Phi) is 6.42. The van der Waals surface area contributed by atoms with Gasteiger partial charge in [0.1, 0.15) is 11.9 Å². The summed E-state index contributed by atoms with van der Waals surface area (Å²) in [6.07, 6.45) is 0.509. The molecule has 3 atom stereocenters. The number of halogens is 4. The summed E-state index contributed by atoms with van der Waals surface area (Å²) in [5.74, 6) is -0.799. The van der Waals surface area contributed by atoms with Gasteiger partial charge in [-0.15, -0.1) is 34.8 Å².